The first-order valence-electron chi connectivity index (χ1n) is 15.6. The largest absolute Gasteiger partial charge is 0.493 e. The molecule has 4 aliphatic heterocycles. The normalized spacial score (nSPS) is 39.5. The SMILES string of the molecule is COc1cc([C@@H]2OC[C@@H]3[C@H]2CO[C@H]3c2ccc(O[C@H]3O[C@H](CO)[C@@H](O)[C@H](O)[C@H]3O)c(OC)c2)ccc1O[C@H]1O[C@H](CO)[C@@H](O)[C@H](O)[C@H]1O. The lowest BCUT2D eigenvalue weighted by molar-refractivity contribution is -0.277. The zero-order valence-electron chi connectivity index (χ0n) is 26.2. The number of methoxy groups -OCH3 is 2. The number of hydrogen-bond donors (Lipinski definition) is 8. The summed E-state index contributed by atoms with van der Waals surface area (Å²) in [6.07, 6.45) is -15.0. The van der Waals surface area contributed by atoms with Crippen molar-refractivity contribution in [2.45, 2.75) is 73.6 Å². The summed E-state index contributed by atoms with van der Waals surface area (Å²) in [5.74, 6) is 0.997. The second kappa shape index (κ2) is 14.6. The molecule has 0 aliphatic carbocycles. The second-order valence-corrected chi connectivity index (χ2v) is 12.3. The molecule has 0 saturated carbocycles. The zero-order chi connectivity index (χ0) is 34.3. The molecule has 4 fully saturated rings. The van der Waals surface area contributed by atoms with Crippen LogP contribution in [0.4, 0.5) is 0 Å². The number of fused-ring (bicyclic) bond motifs is 1. The predicted octanol–water partition coefficient (Wildman–Crippen LogP) is -1.86. The van der Waals surface area contributed by atoms with E-state index in [1.165, 1.54) is 14.2 Å². The fourth-order valence-corrected chi connectivity index (χ4v) is 6.73. The van der Waals surface area contributed by atoms with Crippen molar-refractivity contribution in [1.82, 2.24) is 0 Å². The Morgan fingerprint density at radius 1 is 0.562 bits per heavy atom. The van der Waals surface area contributed by atoms with E-state index in [-0.39, 0.29) is 35.5 Å². The Hall–Kier alpha value is -2.84. The first-order chi connectivity index (χ1) is 23.1. The maximum Gasteiger partial charge on any atom is 0.229 e. The number of ether oxygens (including phenoxy) is 8. The van der Waals surface area contributed by atoms with Crippen LogP contribution in [0.1, 0.15) is 23.3 Å². The lowest BCUT2D eigenvalue weighted by Gasteiger charge is -2.39. The van der Waals surface area contributed by atoms with Gasteiger partial charge in [-0.15, -0.1) is 0 Å². The molecule has 4 heterocycles. The molecule has 16 heteroatoms. The second-order valence-electron chi connectivity index (χ2n) is 12.3. The van der Waals surface area contributed by atoms with Gasteiger partial charge in [0.2, 0.25) is 12.6 Å². The summed E-state index contributed by atoms with van der Waals surface area (Å²) in [7, 11) is 2.90. The van der Waals surface area contributed by atoms with E-state index in [0.29, 0.717) is 24.7 Å². The minimum Gasteiger partial charge on any atom is -0.493 e. The van der Waals surface area contributed by atoms with E-state index in [2.05, 4.69) is 0 Å². The first-order valence-corrected chi connectivity index (χ1v) is 15.6. The van der Waals surface area contributed by atoms with Crippen LogP contribution in [-0.2, 0) is 18.9 Å². The highest BCUT2D eigenvalue weighted by Gasteiger charge is 2.49. The molecule has 2 aromatic rings. The van der Waals surface area contributed by atoms with Gasteiger partial charge >= 0.3 is 0 Å². The van der Waals surface area contributed by atoms with Gasteiger partial charge in [-0.2, -0.15) is 0 Å². The van der Waals surface area contributed by atoms with E-state index < -0.39 is 74.6 Å². The molecular weight excluding hydrogens is 640 g/mol. The Morgan fingerprint density at radius 3 is 1.31 bits per heavy atom. The zero-order valence-corrected chi connectivity index (χ0v) is 26.2. The summed E-state index contributed by atoms with van der Waals surface area (Å²) >= 11 is 0. The number of aliphatic hydroxyl groups is 8. The summed E-state index contributed by atoms with van der Waals surface area (Å²) in [4.78, 5) is 0. The molecule has 0 spiro atoms. The van der Waals surface area contributed by atoms with Crippen LogP contribution in [0.25, 0.3) is 0 Å². The van der Waals surface area contributed by atoms with Crippen LogP contribution in [0.5, 0.6) is 23.0 Å². The number of aliphatic hydroxyl groups excluding tert-OH is 8. The van der Waals surface area contributed by atoms with Gasteiger partial charge in [-0.1, -0.05) is 12.1 Å². The molecule has 14 atom stereocenters. The van der Waals surface area contributed by atoms with Crippen molar-refractivity contribution < 1.29 is 78.7 Å². The quantitative estimate of drug-likeness (QED) is 0.137. The lowest BCUT2D eigenvalue weighted by atomic mass is 9.85. The van der Waals surface area contributed by atoms with Gasteiger partial charge in [-0.05, 0) is 35.4 Å². The lowest BCUT2D eigenvalue weighted by Crippen LogP contribution is -2.60. The molecule has 266 valence electrons. The van der Waals surface area contributed by atoms with E-state index >= 15 is 0 Å². The van der Waals surface area contributed by atoms with Gasteiger partial charge < -0.3 is 78.7 Å². The highest BCUT2D eigenvalue weighted by atomic mass is 16.7. The summed E-state index contributed by atoms with van der Waals surface area (Å²) in [6.45, 7) is -0.371. The molecule has 6 rings (SSSR count). The van der Waals surface area contributed by atoms with Crippen LogP contribution in [0.3, 0.4) is 0 Å². The van der Waals surface area contributed by atoms with Gasteiger partial charge in [-0.3, -0.25) is 0 Å². The van der Waals surface area contributed by atoms with Gasteiger partial charge in [0, 0.05) is 11.8 Å². The van der Waals surface area contributed by atoms with E-state index in [1.54, 1.807) is 36.4 Å². The molecule has 2 aromatic carbocycles. The van der Waals surface area contributed by atoms with Crippen molar-refractivity contribution in [1.29, 1.82) is 0 Å². The van der Waals surface area contributed by atoms with Crippen LogP contribution in [0.2, 0.25) is 0 Å². The first kappa shape index (κ1) is 35.0. The van der Waals surface area contributed by atoms with Gasteiger partial charge in [-0.25, -0.2) is 0 Å². The summed E-state index contributed by atoms with van der Waals surface area (Å²) in [5.41, 5.74) is 1.59. The van der Waals surface area contributed by atoms with Gasteiger partial charge in [0.15, 0.2) is 23.0 Å². The molecule has 48 heavy (non-hydrogen) atoms. The van der Waals surface area contributed by atoms with Gasteiger partial charge in [0.25, 0.3) is 0 Å². The standard InChI is InChI=1S/C32H42O16/c1-41-19-7-13(3-5-17(19)45-31-27(39)25(37)23(35)21(9-33)47-31)29-15-11-44-30(16(15)12-43-29)14-4-6-18(20(8-14)42-2)46-32-28(40)26(38)24(36)22(10-34)48-32/h3-8,15-16,21-40H,9-12H2,1-2H3/t15-,16-,21-,22-,23-,24-,25+,26+,27-,28-,29+,30+,31+,32+/m1/s1. The fraction of sp³-hybridized carbons (Fsp3) is 0.625. The smallest absolute Gasteiger partial charge is 0.229 e. The summed E-state index contributed by atoms with van der Waals surface area (Å²) in [6, 6.07) is 10.3. The summed E-state index contributed by atoms with van der Waals surface area (Å²) < 4.78 is 46.1. The highest BCUT2D eigenvalue weighted by molar-refractivity contribution is 5.46. The maximum absolute atomic E-state index is 10.4. The van der Waals surface area contributed by atoms with Crippen LogP contribution in [0, 0.1) is 11.8 Å². The van der Waals surface area contributed by atoms with Crippen LogP contribution in [0.15, 0.2) is 36.4 Å². The molecule has 16 nitrogen and oxygen atoms in total. The van der Waals surface area contributed by atoms with E-state index in [0.717, 1.165) is 11.1 Å². The van der Waals surface area contributed by atoms with Crippen molar-refractivity contribution in [3.05, 3.63) is 47.5 Å². The molecule has 4 saturated heterocycles. The van der Waals surface area contributed by atoms with Crippen LogP contribution >= 0.6 is 0 Å². The van der Waals surface area contributed by atoms with Gasteiger partial charge in [0.1, 0.15) is 48.8 Å². The van der Waals surface area contributed by atoms with Crippen molar-refractivity contribution in [3.63, 3.8) is 0 Å². The molecule has 0 bridgehead atoms. The predicted molar refractivity (Wildman–Crippen MR) is 159 cm³/mol. The number of hydrogen-bond acceptors (Lipinski definition) is 16. The van der Waals surface area contributed by atoms with Crippen molar-refractivity contribution in [2.75, 3.05) is 40.6 Å². The van der Waals surface area contributed by atoms with Crippen LogP contribution < -0.4 is 18.9 Å². The minimum absolute atomic E-state index is 0.0204. The van der Waals surface area contributed by atoms with Crippen molar-refractivity contribution in [2.24, 2.45) is 11.8 Å². The fourth-order valence-electron chi connectivity index (χ4n) is 6.73. The third-order valence-electron chi connectivity index (χ3n) is 9.48. The Bertz CT molecular complexity index is 1290. The summed E-state index contributed by atoms with van der Waals surface area (Å²) in [5, 5.41) is 80.1. The van der Waals surface area contributed by atoms with E-state index in [1.807, 2.05) is 0 Å². The molecule has 0 aromatic heterocycles. The minimum atomic E-state index is -1.59. The van der Waals surface area contributed by atoms with Crippen molar-refractivity contribution >= 4 is 0 Å². The molecule has 0 amide bonds. The van der Waals surface area contributed by atoms with Crippen LogP contribution in [-0.4, -0.2) is 143 Å². The molecule has 0 unspecified atom stereocenters. The molecule has 0 radical (unpaired) electrons. The van der Waals surface area contributed by atoms with E-state index in [4.69, 9.17) is 37.9 Å². The third kappa shape index (κ3) is 6.44. The monoisotopic (exact) mass is 682 g/mol. The number of benzene rings is 2. The van der Waals surface area contributed by atoms with Crippen molar-refractivity contribution in [3.8, 4) is 23.0 Å². The highest BCUT2D eigenvalue weighted by Crippen LogP contribution is 2.52. The topological polar surface area (TPSA) is 236 Å². The van der Waals surface area contributed by atoms with E-state index in [9.17, 15) is 40.9 Å². The average molecular weight is 683 g/mol. The Balaban J connectivity index is 1.14. The molecular formula is C32H42O16. The molecule has 8 N–H and O–H groups in total. The Labute approximate surface area is 275 Å². The van der Waals surface area contributed by atoms with Gasteiger partial charge in [0.05, 0.1) is 52.9 Å². The Kier molecular flexibility index (Phi) is 10.6. The number of rotatable bonds is 10. The average Bonchev–Trinajstić information content (AvgIpc) is 3.72. The molecule has 4 aliphatic rings. The Morgan fingerprint density at radius 2 is 0.958 bits per heavy atom. The third-order valence-corrected chi connectivity index (χ3v) is 9.48. The maximum atomic E-state index is 10.4.